The summed E-state index contributed by atoms with van der Waals surface area (Å²) in [6, 6.07) is 10.6. The van der Waals surface area contributed by atoms with Crippen molar-refractivity contribution in [2.45, 2.75) is 6.42 Å². The number of hydrogen-bond acceptors (Lipinski definition) is 3. The minimum Gasteiger partial charge on any atom is -0.496 e. The van der Waals surface area contributed by atoms with Crippen LogP contribution < -0.4 is 9.47 Å². The fourth-order valence-corrected chi connectivity index (χ4v) is 2.57. The molecule has 0 fully saturated rings. The van der Waals surface area contributed by atoms with E-state index in [0.717, 1.165) is 10.0 Å². The molecule has 0 aliphatic heterocycles. The molecule has 0 saturated carbocycles. The van der Waals surface area contributed by atoms with Gasteiger partial charge in [-0.2, -0.15) is 0 Å². The molecule has 0 saturated heterocycles. The molecule has 0 spiro atoms. The molecule has 5 heteroatoms. The average Bonchev–Trinajstić information content (AvgIpc) is 2.49. The van der Waals surface area contributed by atoms with Crippen molar-refractivity contribution in [2.75, 3.05) is 14.2 Å². The lowest BCUT2D eigenvalue weighted by Gasteiger charge is -2.11. The Morgan fingerprint density at radius 2 is 1.71 bits per heavy atom. The summed E-state index contributed by atoms with van der Waals surface area (Å²) < 4.78 is 11.2. The molecule has 0 atom stereocenters. The van der Waals surface area contributed by atoms with Crippen molar-refractivity contribution in [3.63, 3.8) is 0 Å². The summed E-state index contributed by atoms with van der Waals surface area (Å²) >= 11 is 9.22. The maximum atomic E-state index is 12.5. The molecule has 2 rings (SSSR count). The number of Topliss-reactive ketones (excluding diaryl/α,β-unsaturated/α-hetero) is 1. The highest BCUT2D eigenvalue weighted by molar-refractivity contribution is 9.10. The first-order valence-corrected chi connectivity index (χ1v) is 7.41. The molecule has 3 nitrogen and oxygen atoms in total. The van der Waals surface area contributed by atoms with Crippen LogP contribution in [0, 0.1) is 0 Å². The highest BCUT2D eigenvalue weighted by Crippen LogP contribution is 2.33. The Balaban J connectivity index is 2.31. The number of ether oxygens (including phenoxy) is 2. The first-order chi connectivity index (χ1) is 10.0. The van der Waals surface area contributed by atoms with Gasteiger partial charge in [0, 0.05) is 11.4 Å². The normalized spacial score (nSPS) is 10.3. The molecule has 0 aromatic heterocycles. The van der Waals surface area contributed by atoms with Crippen LogP contribution in [0.15, 0.2) is 40.9 Å². The number of ketones is 1. The maximum absolute atomic E-state index is 12.5. The van der Waals surface area contributed by atoms with Crippen molar-refractivity contribution in [1.29, 1.82) is 0 Å². The van der Waals surface area contributed by atoms with Gasteiger partial charge in [0.15, 0.2) is 5.78 Å². The fourth-order valence-electron chi connectivity index (χ4n) is 1.96. The fraction of sp³-hybridized carbons (Fsp3) is 0.188. The summed E-state index contributed by atoms with van der Waals surface area (Å²) in [5.74, 6) is 1.07. The van der Waals surface area contributed by atoms with Crippen LogP contribution in [-0.2, 0) is 6.42 Å². The SMILES string of the molecule is COc1cc(C(=O)Cc2ccc(Cl)cc2)c(OC)cc1Br. The number of carbonyl (C=O) groups excluding carboxylic acids is 1. The molecule has 21 heavy (non-hydrogen) atoms. The van der Waals surface area contributed by atoms with E-state index in [-0.39, 0.29) is 12.2 Å². The quantitative estimate of drug-likeness (QED) is 0.726. The predicted molar refractivity (Wildman–Crippen MR) is 86.7 cm³/mol. The monoisotopic (exact) mass is 368 g/mol. The standard InChI is InChI=1S/C16H14BrClO3/c1-20-15-9-13(17)16(21-2)8-12(15)14(19)7-10-3-5-11(18)6-4-10/h3-6,8-9H,7H2,1-2H3. The van der Waals surface area contributed by atoms with Gasteiger partial charge in [-0.25, -0.2) is 0 Å². The van der Waals surface area contributed by atoms with Gasteiger partial charge < -0.3 is 9.47 Å². The molecule has 2 aromatic rings. The number of rotatable bonds is 5. The molecule has 2 aromatic carbocycles. The van der Waals surface area contributed by atoms with Gasteiger partial charge in [-0.15, -0.1) is 0 Å². The zero-order valence-electron chi connectivity index (χ0n) is 11.7. The third kappa shape index (κ3) is 3.77. The second kappa shape index (κ2) is 6.96. The summed E-state index contributed by atoms with van der Waals surface area (Å²) in [4.78, 5) is 12.5. The Kier molecular flexibility index (Phi) is 5.26. The van der Waals surface area contributed by atoms with Gasteiger partial charge in [0.2, 0.25) is 0 Å². The average molecular weight is 370 g/mol. The van der Waals surface area contributed by atoms with Crippen LogP contribution >= 0.6 is 27.5 Å². The zero-order valence-corrected chi connectivity index (χ0v) is 14.0. The largest absolute Gasteiger partial charge is 0.496 e. The van der Waals surface area contributed by atoms with Gasteiger partial charge in [0.05, 0.1) is 24.3 Å². The van der Waals surface area contributed by atoms with E-state index in [1.807, 2.05) is 12.1 Å². The minimum atomic E-state index is -0.0417. The second-order valence-electron chi connectivity index (χ2n) is 4.41. The van der Waals surface area contributed by atoms with Crippen molar-refractivity contribution in [1.82, 2.24) is 0 Å². The molecule has 0 unspecified atom stereocenters. The Morgan fingerprint density at radius 1 is 1.10 bits per heavy atom. The summed E-state index contributed by atoms with van der Waals surface area (Å²) in [5, 5.41) is 0.647. The first kappa shape index (κ1) is 15.9. The Morgan fingerprint density at radius 3 is 2.29 bits per heavy atom. The van der Waals surface area contributed by atoms with Crippen LogP contribution in [0.3, 0.4) is 0 Å². The molecular formula is C16H14BrClO3. The molecule has 0 radical (unpaired) electrons. The van der Waals surface area contributed by atoms with Crippen LogP contribution in [0.5, 0.6) is 11.5 Å². The van der Waals surface area contributed by atoms with E-state index < -0.39 is 0 Å². The number of hydrogen-bond donors (Lipinski definition) is 0. The third-order valence-electron chi connectivity index (χ3n) is 3.05. The molecule has 110 valence electrons. The summed E-state index contributed by atoms with van der Waals surface area (Å²) in [6.45, 7) is 0. The van der Waals surface area contributed by atoms with Crippen LogP contribution in [0.25, 0.3) is 0 Å². The lowest BCUT2D eigenvalue weighted by molar-refractivity contribution is 0.0989. The summed E-state index contributed by atoms with van der Waals surface area (Å²) in [7, 11) is 3.09. The van der Waals surface area contributed by atoms with Crippen LogP contribution in [-0.4, -0.2) is 20.0 Å². The maximum Gasteiger partial charge on any atom is 0.171 e. The molecular weight excluding hydrogens is 356 g/mol. The van der Waals surface area contributed by atoms with Gasteiger partial charge >= 0.3 is 0 Å². The Bertz CT molecular complexity index is 653. The lowest BCUT2D eigenvalue weighted by Crippen LogP contribution is -2.06. The summed E-state index contributed by atoms with van der Waals surface area (Å²) in [6.07, 6.45) is 0.276. The van der Waals surface area contributed by atoms with E-state index in [9.17, 15) is 4.79 Å². The van der Waals surface area contributed by atoms with E-state index >= 15 is 0 Å². The Labute approximate surface area is 137 Å². The highest BCUT2D eigenvalue weighted by atomic mass is 79.9. The highest BCUT2D eigenvalue weighted by Gasteiger charge is 2.16. The van der Waals surface area contributed by atoms with Crippen LogP contribution in [0.2, 0.25) is 5.02 Å². The second-order valence-corrected chi connectivity index (χ2v) is 5.70. The minimum absolute atomic E-state index is 0.0417. The molecule has 0 aliphatic rings. The number of halogens is 2. The first-order valence-electron chi connectivity index (χ1n) is 6.24. The van der Waals surface area contributed by atoms with Crippen molar-refractivity contribution in [2.24, 2.45) is 0 Å². The van der Waals surface area contributed by atoms with Crippen molar-refractivity contribution in [3.8, 4) is 11.5 Å². The molecule has 0 N–H and O–H groups in total. The van der Waals surface area contributed by atoms with Crippen LogP contribution in [0.4, 0.5) is 0 Å². The summed E-state index contributed by atoms with van der Waals surface area (Å²) in [5.41, 5.74) is 1.39. The zero-order chi connectivity index (χ0) is 15.4. The predicted octanol–water partition coefficient (Wildman–Crippen LogP) is 4.55. The van der Waals surface area contributed by atoms with Gasteiger partial charge in [-0.05, 0) is 45.8 Å². The van der Waals surface area contributed by atoms with Crippen LogP contribution in [0.1, 0.15) is 15.9 Å². The Hall–Kier alpha value is -1.52. The third-order valence-corrected chi connectivity index (χ3v) is 3.92. The van der Waals surface area contributed by atoms with Crippen molar-refractivity contribution in [3.05, 3.63) is 57.0 Å². The molecule has 0 bridgehead atoms. The molecule has 0 heterocycles. The van der Waals surface area contributed by atoms with Gasteiger partial charge in [-0.3, -0.25) is 4.79 Å². The lowest BCUT2D eigenvalue weighted by atomic mass is 10.0. The number of benzene rings is 2. The van der Waals surface area contributed by atoms with Gasteiger partial charge in [0.1, 0.15) is 11.5 Å². The smallest absolute Gasteiger partial charge is 0.171 e. The van der Waals surface area contributed by atoms with E-state index in [2.05, 4.69) is 15.9 Å². The molecule has 0 aliphatic carbocycles. The molecule has 0 amide bonds. The van der Waals surface area contributed by atoms with E-state index in [0.29, 0.717) is 22.1 Å². The number of methoxy groups -OCH3 is 2. The van der Waals surface area contributed by atoms with E-state index in [1.165, 1.54) is 7.11 Å². The van der Waals surface area contributed by atoms with Gasteiger partial charge in [-0.1, -0.05) is 23.7 Å². The van der Waals surface area contributed by atoms with Crippen molar-refractivity contribution >= 4 is 33.3 Å². The topological polar surface area (TPSA) is 35.5 Å². The number of carbonyl (C=O) groups is 1. The van der Waals surface area contributed by atoms with E-state index in [4.69, 9.17) is 21.1 Å². The van der Waals surface area contributed by atoms with Crippen molar-refractivity contribution < 1.29 is 14.3 Å². The van der Waals surface area contributed by atoms with E-state index in [1.54, 1.807) is 31.4 Å². The van der Waals surface area contributed by atoms with Gasteiger partial charge in [0.25, 0.3) is 0 Å².